The number of rotatable bonds is 7. The van der Waals surface area contributed by atoms with Gasteiger partial charge in [0.25, 0.3) is 11.8 Å². The van der Waals surface area contributed by atoms with E-state index in [9.17, 15) is 9.59 Å². The molecule has 1 heterocycles. The summed E-state index contributed by atoms with van der Waals surface area (Å²) in [4.78, 5) is 28.8. The van der Waals surface area contributed by atoms with E-state index in [1.54, 1.807) is 25.3 Å². The van der Waals surface area contributed by atoms with E-state index in [4.69, 9.17) is 4.74 Å². The van der Waals surface area contributed by atoms with Gasteiger partial charge in [0.05, 0.1) is 7.11 Å². The maximum absolute atomic E-state index is 12.4. The van der Waals surface area contributed by atoms with E-state index in [-0.39, 0.29) is 17.5 Å². The molecule has 1 aromatic heterocycles. The van der Waals surface area contributed by atoms with Crippen LogP contribution in [-0.4, -0.2) is 30.5 Å². The van der Waals surface area contributed by atoms with Crippen molar-refractivity contribution in [3.05, 3.63) is 89.7 Å². The lowest BCUT2D eigenvalue weighted by atomic mass is 10.1. The van der Waals surface area contributed by atoms with Crippen molar-refractivity contribution in [1.82, 2.24) is 10.3 Å². The number of hydrogen-bond donors (Lipinski definition) is 2. The quantitative estimate of drug-likeness (QED) is 0.664. The molecule has 3 aromatic rings. The number of ether oxygens (including phenoxy) is 1. The summed E-state index contributed by atoms with van der Waals surface area (Å²) in [7, 11) is 1.62. The molecule has 142 valence electrons. The molecule has 0 fully saturated rings. The van der Waals surface area contributed by atoms with Crippen LogP contribution in [0.2, 0.25) is 0 Å². The Hall–Kier alpha value is -3.67. The van der Waals surface area contributed by atoms with Gasteiger partial charge in [-0.3, -0.25) is 14.6 Å². The van der Waals surface area contributed by atoms with E-state index < -0.39 is 0 Å². The highest BCUT2D eigenvalue weighted by Gasteiger charge is 2.12. The molecule has 2 aromatic carbocycles. The number of amides is 2. The third-order valence-electron chi connectivity index (χ3n) is 4.16. The second-order valence-corrected chi connectivity index (χ2v) is 6.07. The van der Waals surface area contributed by atoms with Gasteiger partial charge in [0, 0.05) is 24.0 Å². The molecule has 2 N–H and O–H groups in total. The summed E-state index contributed by atoms with van der Waals surface area (Å²) in [6.45, 7) is 0.432. The van der Waals surface area contributed by atoms with Gasteiger partial charge in [0.1, 0.15) is 11.4 Å². The smallest absolute Gasteiger partial charge is 0.269 e. The van der Waals surface area contributed by atoms with Crippen LogP contribution >= 0.6 is 0 Å². The number of pyridine rings is 1. The first-order valence-electron chi connectivity index (χ1n) is 8.90. The summed E-state index contributed by atoms with van der Waals surface area (Å²) in [5.74, 6) is 0.162. The number of hydrogen-bond acceptors (Lipinski definition) is 4. The first-order valence-corrected chi connectivity index (χ1v) is 8.90. The fourth-order valence-corrected chi connectivity index (χ4v) is 2.73. The lowest BCUT2D eigenvalue weighted by Crippen LogP contribution is -2.27. The van der Waals surface area contributed by atoms with Gasteiger partial charge in [-0.25, -0.2) is 0 Å². The fraction of sp³-hybridized carbons (Fsp3) is 0.136. The highest BCUT2D eigenvalue weighted by Crippen LogP contribution is 2.17. The average Bonchev–Trinajstić information content (AvgIpc) is 2.75. The Labute approximate surface area is 163 Å². The molecule has 0 saturated heterocycles. The Bertz CT molecular complexity index is 958. The topological polar surface area (TPSA) is 80.3 Å². The average molecular weight is 375 g/mol. The van der Waals surface area contributed by atoms with Crippen LogP contribution in [0.1, 0.15) is 26.4 Å². The zero-order valence-corrected chi connectivity index (χ0v) is 15.5. The number of nitrogens with zero attached hydrogens (tertiary/aromatic N) is 1. The third kappa shape index (κ3) is 4.94. The predicted octanol–water partition coefficient (Wildman–Crippen LogP) is 3.32. The van der Waals surface area contributed by atoms with Crippen LogP contribution in [-0.2, 0) is 6.42 Å². The molecule has 28 heavy (non-hydrogen) atoms. The van der Waals surface area contributed by atoms with E-state index in [1.165, 1.54) is 12.3 Å². The van der Waals surface area contributed by atoms with E-state index in [0.29, 0.717) is 24.2 Å². The Morgan fingerprint density at radius 1 is 0.964 bits per heavy atom. The molecule has 0 radical (unpaired) electrons. The van der Waals surface area contributed by atoms with Gasteiger partial charge in [-0.15, -0.1) is 0 Å². The lowest BCUT2D eigenvalue weighted by molar-refractivity contribution is 0.0949. The maximum atomic E-state index is 12.4. The molecule has 0 saturated carbocycles. The molecule has 0 aliphatic carbocycles. The number of nitrogens with one attached hydrogen (secondary N) is 2. The summed E-state index contributed by atoms with van der Waals surface area (Å²) < 4.78 is 5.31. The minimum Gasteiger partial charge on any atom is -0.496 e. The van der Waals surface area contributed by atoms with Gasteiger partial charge in [0.2, 0.25) is 0 Å². The lowest BCUT2D eigenvalue weighted by Gasteiger charge is -2.09. The Morgan fingerprint density at radius 3 is 2.50 bits per heavy atom. The van der Waals surface area contributed by atoms with Gasteiger partial charge >= 0.3 is 0 Å². The minimum absolute atomic E-state index is 0.195. The van der Waals surface area contributed by atoms with Crippen LogP contribution < -0.4 is 15.4 Å². The van der Waals surface area contributed by atoms with E-state index in [1.807, 2.05) is 42.5 Å². The number of methoxy groups -OCH3 is 1. The van der Waals surface area contributed by atoms with Crippen LogP contribution in [0.15, 0.2) is 72.9 Å². The van der Waals surface area contributed by atoms with Crippen molar-refractivity contribution in [3.8, 4) is 5.75 Å². The second-order valence-electron chi connectivity index (χ2n) is 6.07. The first kappa shape index (κ1) is 19.1. The maximum Gasteiger partial charge on any atom is 0.269 e. The number of benzene rings is 2. The molecule has 0 spiro atoms. The predicted molar refractivity (Wildman–Crippen MR) is 108 cm³/mol. The molecule has 0 atom stereocenters. The van der Waals surface area contributed by atoms with Gasteiger partial charge in [-0.05, 0) is 42.3 Å². The normalized spacial score (nSPS) is 10.2. The number of carbonyl (C=O) groups excluding carboxylic acids is 2. The van der Waals surface area contributed by atoms with E-state index >= 15 is 0 Å². The molecular weight excluding hydrogens is 354 g/mol. The Kier molecular flexibility index (Phi) is 6.36. The van der Waals surface area contributed by atoms with Crippen molar-refractivity contribution < 1.29 is 14.3 Å². The largest absolute Gasteiger partial charge is 0.496 e. The van der Waals surface area contributed by atoms with E-state index in [2.05, 4.69) is 15.6 Å². The second kappa shape index (κ2) is 9.32. The Morgan fingerprint density at radius 2 is 1.71 bits per heavy atom. The first-order chi connectivity index (χ1) is 13.7. The van der Waals surface area contributed by atoms with Gasteiger partial charge in [-0.2, -0.15) is 0 Å². The fourth-order valence-electron chi connectivity index (χ4n) is 2.73. The summed E-state index contributed by atoms with van der Waals surface area (Å²) in [6.07, 6.45) is 2.08. The van der Waals surface area contributed by atoms with Crippen LogP contribution in [0.3, 0.4) is 0 Å². The standard InChI is InChI=1S/C22H21N3O3/c1-28-20-10-6-5-7-16(20)11-14-24-22(27)19-15-17(12-13-23-19)21(26)25-18-8-3-2-4-9-18/h2-10,12-13,15H,11,14H2,1H3,(H,24,27)(H,25,26). The van der Waals surface area contributed by atoms with Crippen molar-refractivity contribution in [1.29, 1.82) is 0 Å². The van der Waals surface area contributed by atoms with Gasteiger partial charge < -0.3 is 15.4 Å². The molecule has 2 amide bonds. The SMILES string of the molecule is COc1ccccc1CCNC(=O)c1cc(C(=O)Nc2ccccc2)ccn1. The molecule has 6 heteroatoms. The van der Waals surface area contributed by atoms with Gasteiger partial charge in [-0.1, -0.05) is 36.4 Å². The molecule has 0 aliphatic heterocycles. The zero-order valence-electron chi connectivity index (χ0n) is 15.5. The monoisotopic (exact) mass is 375 g/mol. The Balaban J connectivity index is 1.60. The molecule has 0 aliphatic rings. The van der Waals surface area contributed by atoms with Crippen LogP contribution in [0.25, 0.3) is 0 Å². The molecular formula is C22H21N3O3. The minimum atomic E-state index is -0.329. The third-order valence-corrected chi connectivity index (χ3v) is 4.16. The van der Waals surface area contributed by atoms with Crippen molar-refractivity contribution in [2.45, 2.75) is 6.42 Å². The number of para-hydroxylation sites is 2. The zero-order chi connectivity index (χ0) is 19.8. The highest BCUT2D eigenvalue weighted by atomic mass is 16.5. The van der Waals surface area contributed by atoms with Crippen LogP contribution in [0.4, 0.5) is 5.69 Å². The van der Waals surface area contributed by atoms with Crippen molar-refractivity contribution in [2.24, 2.45) is 0 Å². The molecule has 6 nitrogen and oxygen atoms in total. The van der Waals surface area contributed by atoms with Gasteiger partial charge in [0.15, 0.2) is 0 Å². The van der Waals surface area contributed by atoms with Crippen LogP contribution in [0, 0.1) is 0 Å². The van der Waals surface area contributed by atoms with Crippen molar-refractivity contribution in [2.75, 3.05) is 19.0 Å². The van der Waals surface area contributed by atoms with Crippen molar-refractivity contribution in [3.63, 3.8) is 0 Å². The number of anilines is 1. The summed E-state index contributed by atoms with van der Waals surface area (Å²) in [5.41, 5.74) is 2.26. The number of carbonyl (C=O) groups is 2. The summed E-state index contributed by atoms with van der Waals surface area (Å²) in [5, 5.41) is 5.62. The van der Waals surface area contributed by atoms with Crippen molar-refractivity contribution >= 4 is 17.5 Å². The molecule has 0 bridgehead atoms. The highest BCUT2D eigenvalue weighted by molar-refractivity contribution is 6.05. The van der Waals surface area contributed by atoms with E-state index in [0.717, 1.165) is 11.3 Å². The molecule has 3 rings (SSSR count). The summed E-state index contributed by atoms with van der Waals surface area (Å²) in [6, 6.07) is 19.9. The van der Waals surface area contributed by atoms with Crippen LogP contribution in [0.5, 0.6) is 5.75 Å². The number of aromatic nitrogens is 1. The summed E-state index contributed by atoms with van der Waals surface area (Å²) >= 11 is 0. The molecule has 0 unspecified atom stereocenters.